The van der Waals surface area contributed by atoms with Crippen LogP contribution in [0.15, 0.2) is 71.3 Å². The van der Waals surface area contributed by atoms with Gasteiger partial charge in [-0.3, -0.25) is 4.31 Å². The van der Waals surface area contributed by atoms with Crippen molar-refractivity contribution in [3.63, 3.8) is 0 Å². The van der Waals surface area contributed by atoms with Gasteiger partial charge in [0.2, 0.25) is 0 Å². The summed E-state index contributed by atoms with van der Waals surface area (Å²) in [4.78, 5) is 8.37. The lowest BCUT2D eigenvalue weighted by molar-refractivity contribution is 0.472. The molecule has 3 N–H and O–H groups in total. The third-order valence-corrected chi connectivity index (χ3v) is 6.95. The molecule has 9 nitrogen and oxygen atoms in total. The van der Waals surface area contributed by atoms with E-state index >= 15 is 0 Å². The first-order valence-corrected chi connectivity index (χ1v) is 11.8. The number of phenolic OH excluding ortho intramolecular Hbond substituents is 1. The second kappa shape index (κ2) is 8.60. The summed E-state index contributed by atoms with van der Waals surface area (Å²) in [6, 6.07) is 13.8. The number of rotatable bonds is 7. The molecule has 11 heteroatoms. The number of nitrogen functional groups attached to an aromatic ring is 1. The highest BCUT2D eigenvalue weighted by atomic mass is 79.9. The molecule has 0 unspecified atom stereocenters. The molecule has 0 atom stereocenters. The number of benzene rings is 2. The van der Waals surface area contributed by atoms with E-state index in [1.165, 1.54) is 10.6 Å². The van der Waals surface area contributed by atoms with Gasteiger partial charge in [0.25, 0.3) is 10.0 Å². The first-order valence-electron chi connectivity index (χ1n) is 9.48. The highest BCUT2D eigenvalue weighted by Crippen LogP contribution is 2.34. The predicted octanol–water partition coefficient (Wildman–Crippen LogP) is 3.52. The van der Waals surface area contributed by atoms with Gasteiger partial charge in [-0.15, -0.1) is 0 Å². The van der Waals surface area contributed by atoms with Gasteiger partial charge in [0.05, 0.1) is 28.6 Å². The maximum Gasteiger partial charge on any atom is 0.256 e. The van der Waals surface area contributed by atoms with Crippen molar-refractivity contribution in [2.45, 2.75) is 6.54 Å². The van der Waals surface area contributed by atoms with Crippen LogP contribution in [-0.4, -0.2) is 39.8 Å². The van der Waals surface area contributed by atoms with Crippen LogP contribution in [0.5, 0.6) is 5.75 Å². The summed E-state index contributed by atoms with van der Waals surface area (Å²) in [6.07, 6.45) is 1.33. The number of hydrogen-bond donors (Lipinski definition) is 2. The van der Waals surface area contributed by atoms with E-state index in [1.54, 1.807) is 47.1 Å². The Hall–Kier alpha value is -3.44. The summed E-state index contributed by atoms with van der Waals surface area (Å²) in [6.45, 7) is 3.72. The van der Waals surface area contributed by atoms with Gasteiger partial charge in [-0.1, -0.05) is 30.8 Å². The summed E-state index contributed by atoms with van der Waals surface area (Å²) >= 11 is 3.26. The number of hydrogen-bond acceptors (Lipinski definition) is 7. The van der Waals surface area contributed by atoms with Crippen LogP contribution in [0.3, 0.4) is 0 Å². The highest BCUT2D eigenvalue weighted by Gasteiger charge is 2.22. The number of nitrogens with zero attached hydrogens (tertiary/aromatic N) is 5. The lowest BCUT2D eigenvalue weighted by Crippen LogP contribution is -2.32. The Morgan fingerprint density at radius 2 is 1.94 bits per heavy atom. The Balaban J connectivity index is 1.77. The van der Waals surface area contributed by atoms with Crippen molar-refractivity contribution in [1.82, 2.24) is 19.7 Å². The highest BCUT2D eigenvalue weighted by molar-refractivity contribution is 9.10. The van der Waals surface area contributed by atoms with Gasteiger partial charge in [0, 0.05) is 11.0 Å². The van der Waals surface area contributed by atoms with Crippen LogP contribution in [-0.2, 0) is 16.6 Å². The standard InChI is InChI=1S/C21H19BrN6O3S/c1-2-32(30,31)28(15-6-4-3-5-7-15)11-10-27-21-18(20(23)24-13-25-21)19(26-27)14-8-9-16(22)17(29)12-14/h2-9,12-13,29H,1,10-11H2,(H2,23,24,25). The van der Waals surface area contributed by atoms with Crippen LogP contribution in [0.2, 0.25) is 0 Å². The van der Waals surface area contributed by atoms with E-state index in [2.05, 4.69) is 37.6 Å². The van der Waals surface area contributed by atoms with E-state index in [1.807, 2.05) is 6.07 Å². The van der Waals surface area contributed by atoms with E-state index in [4.69, 9.17) is 5.73 Å². The van der Waals surface area contributed by atoms with Crippen molar-refractivity contribution < 1.29 is 13.5 Å². The lowest BCUT2D eigenvalue weighted by atomic mass is 10.1. The molecule has 0 saturated carbocycles. The Morgan fingerprint density at radius 1 is 1.19 bits per heavy atom. The molecular formula is C21H19BrN6O3S. The topological polar surface area (TPSA) is 127 Å². The van der Waals surface area contributed by atoms with Gasteiger partial charge in [0.15, 0.2) is 5.65 Å². The molecule has 0 fully saturated rings. The number of para-hydroxylation sites is 1. The number of aromatic nitrogens is 4. The molecule has 164 valence electrons. The first-order chi connectivity index (χ1) is 15.3. The average Bonchev–Trinajstić information content (AvgIpc) is 3.16. The van der Waals surface area contributed by atoms with Gasteiger partial charge >= 0.3 is 0 Å². The van der Waals surface area contributed by atoms with E-state index in [9.17, 15) is 13.5 Å². The monoisotopic (exact) mass is 514 g/mol. The number of aromatic hydroxyl groups is 1. The molecule has 32 heavy (non-hydrogen) atoms. The Morgan fingerprint density at radius 3 is 2.62 bits per heavy atom. The minimum absolute atomic E-state index is 0.0490. The van der Waals surface area contributed by atoms with Crippen LogP contribution < -0.4 is 10.0 Å². The van der Waals surface area contributed by atoms with E-state index < -0.39 is 10.0 Å². The van der Waals surface area contributed by atoms with Crippen LogP contribution in [0.1, 0.15) is 0 Å². The molecule has 0 saturated heterocycles. The molecule has 2 aromatic heterocycles. The van der Waals surface area contributed by atoms with E-state index in [0.29, 0.717) is 32.5 Å². The maximum atomic E-state index is 12.6. The molecule has 0 amide bonds. The fourth-order valence-corrected chi connectivity index (χ4v) is 4.50. The van der Waals surface area contributed by atoms with Gasteiger partial charge in [-0.05, 0) is 40.2 Å². The number of sulfonamides is 1. The lowest BCUT2D eigenvalue weighted by Gasteiger charge is -2.22. The third-order valence-electron chi connectivity index (χ3n) is 4.86. The van der Waals surface area contributed by atoms with Crippen LogP contribution >= 0.6 is 15.9 Å². The molecule has 0 aliphatic carbocycles. The quantitative estimate of drug-likeness (QED) is 0.386. The Bertz CT molecular complexity index is 1410. The molecule has 0 bridgehead atoms. The Labute approximate surface area is 193 Å². The van der Waals surface area contributed by atoms with Crippen molar-refractivity contribution >= 4 is 48.5 Å². The van der Waals surface area contributed by atoms with Crippen molar-refractivity contribution in [1.29, 1.82) is 0 Å². The number of nitrogens with two attached hydrogens (primary N) is 1. The second-order valence-corrected chi connectivity index (χ2v) is 9.47. The van der Waals surface area contributed by atoms with E-state index in [-0.39, 0.29) is 24.7 Å². The Kier molecular flexibility index (Phi) is 5.85. The van der Waals surface area contributed by atoms with Crippen LogP contribution in [0.25, 0.3) is 22.3 Å². The minimum Gasteiger partial charge on any atom is -0.507 e. The molecular weight excluding hydrogens is 496 g/mol. The largest absolute Gasteiger partial charge is 0.507 e. The first kappa shape index (κ1) is 21.8. The smallest absolute Gasteiger partial charge is 0.256 e. The third kappa shape index (κ3) is 4.04. The van der Waals surface area contributed by atoms with E-state index in [0.717, 1.165) is 5.41 Å². The molecule has 2 aromatic carbocycles. The van der Waals surface area contributed by atoms with Crippen molar-refractivity contribution in [2.24, 2.45) is 0 Å². The van der Waals surface area contributed by atoms with Crippen LogP contribution in [0.4, 0.5) is 11.5 Å². The number of anilines is 2. The number of halogens is 1. The molecule has 0 aliphatic heterocycles. The average molecular weight is 515 g/mol. The molecule has 0 aliphatic rings. The normalized spacial score (nSPS) is 11.5. The SMILES string of the molecule is C=CS(=O)(=O)N(CCn1nc(-c2ccc(Br)c(O)c2)c2c(N)ncnc21)c1ccccc1. The molecule has 0 radical (unpaired) electrons. The zero-order valence-electron chi connectivity index (χ0n) is 16.8. The molecule has 0 spiro atoms. The number of fused-ring (bicyclic) bond motifs is 1. The summed E-state index contributed by atoms with van der Waals surface area (Å²) in [7, 11) is -3.74. The minimum atomic E-state index is -3.74. The number of phenols is 1. The fourth-order valence-electron chi connectivity index (χ4n) is 3.32. The van der Waals surface area contributed by atoms with Gasteiger partial charge in [-0.25, -0.2) is 23.1 Å². The maximum absolute atomic E-state index is 12.6. The summed E-state index contributed by atoms with van der Waals surface area (Å²) in [5.74, 6) is 0.283. The van der Waals surface area contributed by atoms with Crippen molar-refractivity contribution in [2.75, 3.05) is 16.6 Å². The fraction of sp³-hybridized carbons (Fsp3) is 0.0952. The summed E-state index contributed by atoms with van der Waals surface area (Å²) in [5, 5.41) is 16.2. The van der Waals surface area contributed by atoms with Gasteiger partial charge < -0.3 is 10.8 Å². The van der Waals surface area contributed by atoms with Gasteiger partial charge in [0.1, 0.15) is 23.6 Å². The zero-order chi connectivity index (χ0) is 22.9. The van der Waals surface area contributed by atoms with Gasteiger partial charge in [-0.2, -0.15) is 5.10 Å². The molecule has 4 rings (SSSR count). The second-order valence-electron chi connectivity index (χ2n) is 6.81. The summed E-state index contributed by atoms with van der Waals surface area (Å²) in [5.41, 5.74) is 8.19. The zero-order valence-corrected chi connectivity index (χ0v) is 19.2. The van der Waals surface area contributed by atoms with Crippen molar-refractivity contribution in [3.8, 4) is 17.0 Å². The summed E-state index contributed by atoms with van der Waals surface area (Å²) < 4.78 is 28.6. The molecule has 4 aromatic rings. The predicted molar refractivity (Wildman–Crippen MR) is 127 cm³/mol. The van der Waals surface area contributed by atoms with Crippen LogP contribution in [0, 0.1) is 0 Å². The molecule has 2 heterocycles. The van der Waals surface area contributed by atoms with Crippen molar-refractivity contribution in [3.05, 3.63) is 71.3 Å².